The van der Waals surface area contributed by atoms with Gasteiger partial charge in [0.2, 0.25) is 5.84 Å². The van der Waals surface area contributed by atoms with Gasteiger partial charge in [0, 0.05) is 17.4 Å². The highest BCUT2D eigenvalue weighted by Gasteiger charge is 2.09. The molecule has 0 spiro atoms. The number of amidine groups is 1. The van der Waals surface area contributed by atoms with Crippen LogP contribution >= 0.6 is 11.6 Å². The number of hydrogen-bond acceptors (Lipinski definition) is 3. The zero-order chi connectivity index (χ0) is 12.3. The molecule has 0 bridgehead atoms. The van der Waals surface area contributed by atoms with E-state index in [2.05, 4.69) is 10.1 Å². The standard InChI is InChI=1S/C11H11ClN4O/c12-9-4-2-1-3-8(9)7-16-6-5-14-11(16)10(13)15-17/h1-6,17H,7H2,(H2,13,15). The smallest absolute Gasteiger partial charge is 0.206 e. The molecule has 1 heterocycles. The number of benzene rings is 1. The van der Waals surface area contributed by atoms with Crippen molar-refractivity contribution in [2.45, 2.75) is 6.54 Å². The number of oxime groups is 1. The average Bonchev–Trinajstić information content (AvgIpc) is 2.79. The molecule has 5 nitrogen and oxygen atoms in total. The Bertz CT molecular complexity index is 550. The van der Waals surface area contributed by atoms with Crippen molar-refractivity contribution in [3.63, 3.8) is 0 Å². The number of aromatic nitrogens is 2. The molecule has 6 heteroatoms. The van der Waals surface area contributed by atoms with E-state index in [-0.39, 0.29) is 5.84 Å². The fourth-order valence-electron chi connectivity index (χ4n) is 1.52. The van der Waals surface area contributed by atoms with Crippen LogP contribution in [0.4, 0.5) is 0 Å². The molecule has 0 aliphatic carbocycles. The van der Waals surface area contributed by atoms with E-state index in [1.54, 1.807) is 17.0 Å². The van der Waals surface area contributed by atoms with Crippen molar-refractivity contribution in [1.29, 1.82) is 0 Å². The summed E-state index contributed by atoms with van der Waals surface area (Å²) >= 11 is 6.06. The summed E-state index contributed by atoms with van der Waals surface area (Å²) in [6, 6.07) is 7.50. The highest BCUT2D eigenvalue weighted by molar-refractivity contribution is 6.31. The average molecular weight is 251 g/mol. The summed E-state index contributed by atoms with van der Waals surface area (Å²) in [6.45, 7) is 0.519. The van der Waals surface area contributed by atoms with Crippen LogP contribution in [0.5, 0.6) is 0 Å². The first kappa shape index (κ1) is 11.5. The minimum Gasteiger partial charge on any atom is -0.409 e. The third kappa shape index (κ3) is 2.39. The highest BCUT2D eigenvalue weighted by Crippen LogP contribution is 2.16. The van der Waals surface area contributed by atoms with Crippen molar-refractivity contribution in [3.8, 4) is 0 Å². The Hall–Kier alpha value is -2.01. The first-order valence-electron chi connectivity index (χ1n) is 4.95. The van der Waals surface area contributed by atoms with E-state index in [1.165, 1.54) is 0 Å². The van der Waals surface area contributed by atoms with Crippen molar-refractivity contribution in [2.75, 3.05) is 0 Å². The molecule has 0 amide bonds. The van der Waals surface area contributed by atoms with Crippen LogP contribution in [0.1, 0.15) is 11.4 Å². The lowest BCUT2D eigenvalue weighted by Gasteiger charge is -2.08. The molecule has 2 aromatic rings. The quantitative estimate of drug-likeness (QED) is 0.377. The predicted octanol–water partition coefficient (Wildman–Crippen LogP) is 1.68. The van der Waals surface area contributed by atoms with Crippen LogP contribution in [0.2, 0.25) is 5.02 Å². The first-order chi connectivity index (χ1) is 8.22. The molecule has 2 rings (SSSR count). The molecular formula is C11H11ClN4O. The number of rotatable bonds is 3. The monoisotopic (exact) mass is 250 g/mol. The summed E-state index contributed by atoms with van der Waals surface area (Å²) in [4.78, 5) is 4.02. The highest BCUT2D eigenvalue weighted by atomic mass is 35.5. The van der Waals surface area contributed by atoms with Crippen molar-refractivity contribution in [1.82, 2.24) is 9.55 Å². The van der Waals surface area contributed by atoms with E-state index in [0.29, 0.717) is 17.4 Å². The zero-order valence-electron chi connectivity index (χ0n) is 8.92. The van der Waals surface area contributed by atoms with Crippen LogP contribution in [0.3, 0.4) is 0 Å². The van der Waals surface area contributed by atoms with Crippen LogP contribution < -0.4 is 5.73 Å². The van der Waals surface area contributed by atoms with Gasteiger partial charge in [0.15, 0.2) is 5.82 Å². The van der Waals surface area contributed by atoms with Gasteiger partial charge >= 0.3 is 0 Å². The fourth-order valence-corrected chi connectivity index (χ4v) is 1.72. The molecule has 17 heavy (non-hydrogen) atoms. The van der Waals surface area contributed by atoms with Gasteiger partial charge in [-0.25, -0.2) is 4.98 Å². The Morgan fingerprint density at radius 3 is 2.94 bits per heavy atom. The first-order valence-corrected chi connectivity index (χ1v) is 5.32. The minimum atomic E-state index is -0.0259. The van der Waals surface area contributed by atoms with E-state index in [1.807, 2.05) is 24.3 Å². The lowest BCUT2D eigenvalue weighted by Crippen LogP contribution is -2.19. The van der Waals surface area contributed by atoms with Crippen LogP contribution in [-0.4, -0.2) is 20.6 Å². The second kappa shape index (κ2) is 4.88. The fraction of sp³-hybridized carbons (Fsp3) is 0.0909. The topological polar surface area (TPSA) is 76.4 Å². The third-order valence-corrected chi connectivity index (χ3v) is 2.72. The maximum atomic E-state index is 8.64. The van der Waals surface area contributed by atoms with Gasteiger partial charge in [0.25, 0.3) is 0 Å². The van der Waals surface area contributed by atoms with E-state index in [9.17, 15) is 0 Å². The van der Waals surface area contributed by atoms with Gasteiger partial charge in [-0.05, 0) is 11.6 Å². The Kier molecular flexibility index (Phi) is 3.30. The molecule has 1 aromatic carbocycles. The van der Waals surface area contributed by atoms with E-state index in [0.717, 1.165) is 5.56 Å². The molecule has 0 radical (unpaired) electrons. The lowest BCUT2D eigenvalue weighted by atomic mass is 10.2. The van der Waals surface area contributed by atoms with Gasteiger partial charge < -0.3 is 15.5 Å². The number of nitrogens with zero attached hydrogens (tertiary/aromatic N) is 3. The maximum absolute atomic E-state index is 8.64. The minimum absolute atomic E-state index is 0.0259. The Morgan fingerprint density at radius 1 is 1.47 bits per heavy atom. The van der Waals surface area contributed by atoms with Crippen molar-refractivity contribution < 1.29 is 5.21 Å². The summed E-state index contributed by atoms with van der Waals surface area (Å²) in [5.74, 6) is 0.384. The normalized spacial score (nSPS) is 11.7. The van der Waals surface area contributed by atoms with Gasteiger partial charge in [-0.3, -0.25) is 0 Å². The number of imidazole rings is 1. The second-order valence-corrected chi connectivity index (χ2v) is 3.86. The predicted molar refractivity (Wildman–Crippen MR) is 65.3 cm³/mol. The summed E-state index contributed by atoms with van der Waals surface area (Å²) in [6.07, 6.45) is 3.33. The number of nitrogens with two attached hydrogens (primary N) is 1. The zero-order valence-corrected chi connectivity index (χ0v) is 9.67. The summed E-state index contributed by atoms with van der Waals surface area (Å²) < 4.78 is 1.76. The molecule has 1 aromatic heterocycles. The molecular weight excluding hydrogens is 240 g/mol. The van der Waals surface area contributed by atoms with Crippen LogP contribution in [0, 0.1) is 0 Å². The van der Waals surface area contributed by atoms with Crippen LogP contribution in [0.25, 0.3) is 0 Å². The van der Waals surface area contributed by atoms with E-state index in [4.69, 9.17) is 22.5 Å². The summed E-state index contributed by atoms with van der Waals surface area (Å²) in [5.41, 5.74) is 6.46. The van der Waals surface area contributed by atoms with Crippen molar-refractivity contribution in [2.24, 2.45) is 10.9 Å². The van der Waals surface area contributed by atoms with Crippen molar-refractivity contribution in [3.05, 3.63) is 53.1 Å². The Morgan fingerprint density at radius 2 is 2.24 bits per heavy atom. The number of halogens is 1. The molecule has 3 N–H and O–H groups in total. The second-order valence-electron chi connectivity index (χ2n) is 3.46. The molecule has 0 fully saturated rings. The van der Waals surface area contributed by atoms with Gasteiger partial charge in [0.05, 0.1) is 6.54 Å². The molecule has 0 aliphatic heterocycles. The van der Waals surface area contributed by atoms with Gasteiger partial charge in [-0.2, -0.15) is 0 Å². The third-order valence-electron chi connectivity index (χ3n) is 2.35. The molecule has 0 saturated carbocycles. The van der Waals surface area contributed by atoms with Crippen LogP contribution in [0.15, 0.2) is 41.8 Å². The lowest BCUT2D eigenvalue weighted by molar-refractivity contribution is 0.318. The SMILES string of the molecule is NC(=NO)c1nccn1Cc1ccccc1Cl. The van der Waals surface area contributed by atoms with Gasteiger partial charge in [-0.1, -0.05) is 35.0 Å². The molecule has 0 aliphatic rings. The Balaban J connectivity index is 2.32. The number of hydrogen-bond donors (Lipinski definition) is 2. The van der Waals surface area contributed by atoms with Gasteiger partial charge in [0.1, 0.15) is 0 Å². The van der Waals surface area contributed by atoms with Gasteiger partial charge in [-0.15, -0.1) is 0 Å². The molecule has 0 atom stereocenters. The summed E-state index contributed by atoms with van der Waals surface area (Å²) in [5, 5.41) is 12.2. The Labute approximate surface area is 103 Å². The molecule has 0 saturated heterocycles. The van der Waals surface area contributed by atoms with E-state index >= 15 is 0 Å². The largest absolute Gasteiger partial charge is 0.409 e. The van der Waals surface area contributed by atoms with Crippen LogP contribution in [-0.2, 0) is 6.54 Å². The molecule has 0 unspecified atom stereocenters. The maximum Gasteiger partial charge on any atom is 0.206 e. The molecule has 88 valence electrons. The van der Waals surface area contributed by atoms with Crippen molar-refractivity contribution >= 4 is 17.4 Å². The summed E-state index contributed by atoms with van der Waals surface area (Å²) in [7, 11) is 0. The van der Waals surface area contributed by atoms with E-state index < -0.39 is 0 Å².